The second kappa shape index (κ2) is 11.3. The minimum absolute atomic E-state index is 0.257. The van der Waals surface area contributed by atoms with Crippen LogP contribution in [0.3, 0.4) is 0 Å². The zero-order valence-electron chi connectivity index (χ0n) is 13.0. The van der Waals surface area contributed by atoms with Crippen LogP contribution in [0.1, 0.15) is 44.9 Å². The van der Waals surface area contributed by atoms with Crippen LogP contribution < -0.4 is 0 Å². The Hall–Kier alpha value is -0.280. The number of unbranched alkanes of at least 4 members (excludes halogenated alkanes) is 6. The number of aliphatic hydroxyl groups excluding tert-OH is 5. The van der Waals surface area contributed by atoms with Gasteiger partial charge in [-0.3, -0.25) is 0 Å². The van der Waals surface area contributed by atoms with Gasteiger partial charge < -0.3 is 35.0 Å². The van der Waals surface area contributed by atoms with E-state index in [1.54, 1.807) is 0 Å². The Balaban J connectivity index is 2.11. The highest BCUT2D eigenvalue weighted by molar-refractivity contribution is 4.88. The molecule has 5 unspecified atom stereocenters. The lowest BCUT2D eigenvalue weighted by Crippen LogP contribution is -2.59. The van der Waals surface area contributed by atoms with E-state index in [1.807, 2.05) is 0 Å². The van der Waals surface area contributed by atoms with E-state index in [1.165, 1.54) is 0 Å². The van der Waals surface area contributed by atoms with Crippen molar-refractivity contribution in [1.29, 1.82) is 0 Å². The van der Waals surface area contributed by atoms with Crippen molar-refractivity contribution < 1.29 is 35.0 Å². The molecule has 1 aliphatic rings. The SMILES string of the molecule is OCCCCCCCCCOC1OC(CO)C(O)C(O)C1O. The monoisotopic (exact) mass is 322 g/mol. The van der Waals surface area contributed by atoms with Crippen LogP contribution in [0.4, 0.5) is 0 Å². The first-order valence-electron chi connectivity index (χ1n) is 8.14. The first-order chi connectivity index (χ1) is 10.6. The molecule has 5 N–H and O–H groups in total. The summed E-state index contributed by atoms with van der Waals surface area (Å²) in [4.78, 5) is 0. The molecule has 0 saturated carbocycles. The standard InChI is InChI=1S/C15H30O7/c16-8-6-4-2-1-3-5-7-9-21-15-14(20)13(19)12(18)11(10-17)22-15/h11-20H,1-10H2. The molecular weight excluding hydrogens is 292 g/mol. The Morgan fingerprint density at radius 2 is 1.32 bits per heavy atom. The molecule has 1 fully saturated rings. The molecule has 5 atom stereocenters. The molecule has 132 valence electrons. The normalized spacial score (nSPS) is 32.3. The van der Waals surface area contributed by atoms with Crippen LogP contribution in [0.5, 0.6) is 0 Å². The van der Waals surface area contributed by atoms with E-state index in [0.29, 0.717) is 6.61 Å². The van der Waals surface area contributed by atoms with Gasteiger partial charge in [-0.1, -0.05) is 32.1 Å². The van der Waals surface area contributed by atoms with Gasteiger partial charge in [0, 0.05) is 13.2 Å². The Morgan fingerprint density at radius 3 is 1.91 bits per heavy atom. The summed E-state index contributed by atoms with van der Waals surface area (Å²) < 4.78 is 10.7. The molecule has 0 spiro atoms. The molecular formula is C15H30O7. The van der Waals surface area contributed by atoms with E-state index >= 15 is 0 Å². The van der Waals surface area contributed by atoms with Gasteiger partial charge >= 0.3 is 0 Å². The summed E-state index contributed by atoms with van der Waals surface area (Å²) >= 11 is 0. The van der Waals surface area contributed by atoms with Crippen LogP contribution in [0.2, 0.25) is 0 Å². The van der Waals surface area contributed by atoms with Crippen molar-refractivity contribution in [3.8, 4) is 0 Å². The summed E-state index contributed by atoms with van der Waals surface area (Å²) in [5.41, 5.74) is 0. The predicted octanol–water partition coefficient (Wildman–Crippen LogP) is -0.474. The van der Waals surface area contributed by atoms with Crippen molar-refractivity contribution in [2.24, 2.45) is 0 Å². The second-order valence-electron chi connectivity index (χ2n) is 5.77. The third-order valence-corrected chi connectivity index (χ3v) is 3.93. The van der Waals surface area contributed by atoms with Crippen LogP contribution in [0, 0.1) is 0 Å². The molecule has 0 radical (unpaired) electrons. The van der Waals surface area contributed by atoms with E-state index in [-0.39, 0.29) is 6.61 Å². The van der Waals surface area contributed by atoms with Gasteiger partial charge in [0.1, 0.15) is 24.4 Å². The smallest absolute Gasteiger partial charge is 0.186 e. The summed E-state index contributed by atoms with van der Waals surface area (Å²) in [6.07, 6.45) is 1.05. The molecule has 0 amide bonds. The van der Waals surface area contributed by atoms with Gasteiger partial charge in [0.25, 0.3) is 0 Å². The van der Waals surface area contributed by atoms with Crippen LogP contribution in [-0.4, -0.2) is 76.1 Å². The summed E-state index contributed by atoms with van der Waals surface area (Å²) in [5, 5.41) is 46.8. The van der Waals surface area contributed by atoms with Gasteiger partial charge in [0.15, 0.2) is 6.29 Å². The maximum atomic E-state index is 9.78. The highest BCUT2D eigenvalue weighted by Crippen LogP contribution is 2.22. The summed E-state index contributed by atoms with van der Waals surface area (Å²) in [7, 11) is 0. The van der Waals surface area contributed by atoms with Gasteiger partial charge in [-0.2, -0.15) is 0 Å². The lowest BCUT2D eigenvalue weighted by Gasteiger charge is -2.39. The van der Waals surface area contributed by atoms with Crippen molar-refractivity contribution in [1.82, 2.24) is 0 Å². The molecule has 0 aromatic heterocycles. The molecule has 7 heteroatoms. The van der Waals surface area contributed by atoms with Crippen molar-refractivity contribution in [3.63, 3.8) is 0 Å². The molecule has 1 rings (SSSR count). The maximum Gasteiger partial charge on any atom is 0.186 e. The Morgan fingerprint density at radius 1 is 0.727 bits per heavy atom. The van der Waals surface area contributed by atoms with Gasteiger partial charge in [-0.05, 0) is 12.8 Å². The molecule has 1 aliphatic heterocycles. The van der Waals surface area contributed by atoms with Crippen LogP contribution in [-0.2, 0) is 9.47 Å². The van der Waals surface area contributed by atoms with Crippen LogP contribution in [0.25, 0.3) is 0 Å². The number of aliphatic hydroxyl groups is 5. The molecule has 0 aromatic rings. The first-order valence-corrected chi connectivity index (χ1v) is 8.14. The topological polar surface area (TPSA) is 120 Å². The van der Waals surface area contributed by atoms with E-state index in [0.717, 1.165) is 44.9 Å². The van der Waals surface area contributed by atoms with Crippen LogP contribution in [0.15, 0.2) is 0 Å². The first kappa shape index (κ1) is 19.8. The van der Waals surface area contributed by atoms with E-state index in [2.05, 4.69) is 0 Å². The average molecular weight is 322 g/mol. The lowest BCUT2D eigenvalue weighted by atomic mass is 9.99. The third kappa shape index (κ3) is 6.45. The molecule has 1 heterocycles. The quantitative estimate of drug-likeness (QED) is 0.326. The highest BCUT2D eigenvalue weighted by atomic mass is 16.7. The van der Waals surface area contributed by atoms with Crippen molar-refractivity contribution in [2.45, 2.75) is 75.7 Å². The molecule has 1 saturated heterocycles. The summed E-state index contributed by atoms with van der Waals surface area (Å²) in [6, 6.07) is 0. The minimum Gasteiger partial charge on any atom is -0.396 e. The maximum absolute atomic E-state index is 9.78. The minimum atomic E-state index is -1.39. The molecule has 0 aliphatic carbocycles. The fraction of sp³-hybridized carbons (Fsp3) is 1.00. The number of rotatable bonds is 11. The Labute approximate surface area is 131 Å². The Bertz CT molecular complexity index is 275. The molecule has 0 bridgehead atoms. The van der Waals surface area contributed by atoms with Gasteiger partial charge in [-0.15, -0.1) is 0 Å². The van der Waals surface area contributed by atoms with Crippen molar-refractivity contribution in [3.05, 3.63) is 0 Å². The largest absolute Gasteiger partial charge is 0.396 e. The fourth-order valence-electron chi connectivity index (χ4n) is 2.50. The number of ether oxygens (including phenoxy) is 2. The van der Waals surface area contributed by atoms with Crippen molar-refractivity contribution in [2.75, 3.05) is 19.8 Å². The third-order valence-electron chi connectivity index (χ3n) is 3.93. The second-order valence-corrected chi connectivity index (χ2v) is 5.77. The van der Waals surface area contributed by atoms with Crippen molar-refractivity contribution >= 4 is 0 Å². The average Bonchev–Trinajstić information content (AvgIpc) is 2.53. The zero-order valence-corrected chi connectivity index (χ0v) is 13.0. The molecule has 0 aromatic carbocycles. The van der Waals surface area contributed by atoms with Crippen LogP contribution >= 0.6 is 0 Å². The van der Waals surface area contributed by atoms with E-state index in [4.69, 9.17) is 19.7 Å². The van der Waals surface area contributed by atoms with E-state index < -0.39 is 37.3 Å². The summed E-state index contributed by atoms with van der Waals surface area (Å²) in [6.45, 7) is 0.199. The number of hydrogen-bond acceptors (Lipinski definition) is 7. The van der Waals surface area contributed by atoms with Gasteiger partial charge in [0.2, 0.25) is 0 Å². The molecule has 22 heavy (non-hydrogen) atoms. The molecule has 7 nitrogen and oxygen atoms in total. The Kier molecular flexibility index (Phi) is 10.1. The van der Waals surface area contributed by atoms with Gasteiger partial charge in [-0.25, -0.2) is 0 Å². The highest BCUT2D eigenvalue weighted by Gasteiger charge is 2.43. The zero-order chi connectivity index (χ0) is 16.4. The predicted molar refractivity (Wildman–Crippen MR) is 79.1 cm³/mol. The lowest BCUT2D eigenvalue weighted by molar-refractivity contribution is -0.301. The fourth-order valence-corrected chi connectivity index (χ4v) is 2.50. The van der Waals surface area contributed by atoms with Gasteiger partial charge in [0.05, 0.1) is 6.61 Å². The summed E-state index contributed by atoms with van der Waals surface area (Å²) in [5.74, 6) is 0. The van der Waals surface area contributed by atoms with E-state index in [9.17, 15) is 15.3 Å². The number of hydrogen-bond donors (Lipinski definition) is 5.